The maximum absolute atomic E-state index is 14.4. The highest BCUT2D eigenvalue weighted by molar-refractivity contribution is 5.92. The Bertz CT molecular complexity index is 804. The number of piperidine rings is 1. The van der Waals surface area contributed by atoms with Crippen LogP contribution in [0.25, 0.3) is 0 Å². The summed E-state index contributed by atoms with van der Waals surface area (Å²) in [7, 11) is 2.91. The summed E-state index contributed by atoms with van der Waals surface area (Å²) in [5.74, 6) is -0.204. The number of benzene rings is 1. The average Bonchev–Trinajstić information content (AvgIpc) is 3.18. The fraction of sp³-hybridized carbons (Fsp3) is 0.500. The highest BCUT2D eigenvalue weighted by Crippen LogP contribution is 2.32. The van der Waals surface area contributed by atoms with Crippen molar-refractivity contribution in [2.75, 3.05) is 27.3 Å². The minimum atomic E-state index is -0.582. The summed E-state index contributed by atoms with van der Waals surface area (Å²) in [4.78, 5) is 12.5. The van der Waals surface area contributed by atoms with Gasteiger partial charge in [-0.2, -0.15) is 0 Å². The molecule has 8 nitrogen and oxygen atoms in total. The number of nitrogens with one attached hydrogen (secondary N) is 2. The Kier molecular flexibility index (Phi) is 5.90. The smallest absolute Gasteiger partial charge is 0.273 e. The zero-order valence-corrected chi connectivity index (χ0v) is 15.7. The highest BCUT2D eigenvalue weighted by Gasteiger charge is 2.22. The number of aromatic nitrogens is 3. The summed E-state index contributed by atoms with van der Waals surface area (Å²) < 4.78 is 26.4. The van der Waals surface area contributed by atoms with Gasteiger partial charge in [0.2, 0.25) is 0 Å². The van der Waals surface area contributed by atoms with Gasteiger partial charge in [0.05, 0.1) is 32.5 Å². The Morgan fingerprint density at radius 1 is 1.30 bits per heavy atom. The van der Waals surface area contributed by atoms with E-state index in [1.165, 1.54) is 26.4 Å². The normalized spacial score (nSPS) is 16.0. The third-order valence-electron chi connectivity index (χ3n) is 4.74. The third kappa shape index (κ3) is 4.19. The van der Waals surface area contributed by atoms with Gasteiger partial charge in [-0.1, -0.05) is 5.21 Å². The molecule has 146 valence electrons. The summed E-state index contributed by atoms with van der Waals surface area (Å²) in [6.07, 6.45) is 3.53. The number of methoxy groups -OCH3 is 2. The minimum Gasteiger partial charge on any atom is -0.493 e. The van der Waals surface area contributed by atoms with Crippen molar-refractivity contribution in [3.63, 3.8) is 0 Å². The lowest BCUT2D eigenvalue weighted by atomic mass is 10.1. The maximum atomic E-state index is 14.4. The first-order valence-corrected chi connectivity index (χ1v) is 8.88. The Morgan fingerprint density at radius 2 is 1.96 bits per heavy atom. The second kappa shape index (κ2) is 8.34. The Balaban J connectivity index is 1.71. The molecule has 1 aliphatic heterocycles. The summed E-state index contributed by atoms with van der Waals surface area (Å²) in [5.41, 5.74) is 0.507. The van der Waals surface area contributed by atoms with E-state index in [0.717, 1.165) is 25.9 Å². The second-order valence-electron chi connectivity index (χ2n) is 6.49. The summed E-state index contributed by atoms with van der Waals surface area (Å²) in [6, 6.07) is 2.41. The summed E-state index contributed by atoms with van der Waals surface area (Å²) in [6.45, 7) is 3.53. The van der Waals surface area contributed by atoms with E-state index >= 15 is 0 Å². The predicted molar refractivity (Wildman–Crippen MR) is 96.5 cm³/mol. The maximum Gasteiger partial charge on any atom is 0.273 e. The molecule has 1 aromatic carbocycles. The molecule has 27 heavy (non-hydrogen) atoms. The molecule has 0 saturated carbocycles. The molecule has 1 saturated heterocycles. The second-order valence-corrected chi connectivity index (χ2v) is 6.49. The van der Waals surface area contributed by atoms with E-state index in [1.807, 2.05) is 0 Å². The first-order valence-electron chi connectivity index (χ1n) is 8.88. The lowest BCUT2D eigenvalue weighted by Crippen LogP contribution is -2.29. The third-order valence-corrected chi connectivity index (χ3v) is 4.74. The Hall–Kier alpha value is -2.68. The average molecular weight is 377 g/mol. The van der Waals surface area contributed by atoms with E-state index in [2.05, 4.69) is 20.9 Å². The first-order chi connectivity index (χ1) is 13.0. The van der Waals surface area contributed by atoms with Crippen molar-refractivity contribution in [3.8, 4) is 11.5 Å². The molecule has 2 aromatic rings. The fourth-order valence-electron chi connectivity index (χ4n) is 3.18. The van der Waals surface area contributed by atoms with Crippen LogP contribution in [-0.2, 0) is 0 Å². The van der Waals surface area contributed by atoms with Crippen LogP contribution in [0.4, 0.5) is 4.39 Å². The van der Waals surface area contributed by atoms with E-state index in [-0.39, 0.29) is 11.7 Å². The number of hydrogen-bond donors (Lipinski definition) is 2. The summed E-state index contributed by atoms with van der Waals surface area (Å²) >= 11 is 0. The van der Waals surface area contributed by atoms with Gasteiger partial charge in [-0.25, -0.2) is 9.07 Å². The standard InChI is InChI=1S/C18H24FN5O3/c1-11(13-8-16(26-2)17(27-3)9-14(13)19)21-18(25)15-10-24(23-22-15)12-4-6-20-7-5-12/h8-12,20H,4-7H2,1-3H3,(H,21,25). The van der Waals surface area contributed by atoms with E-state index in [0.29, 0.717) is 17.1 Å². The Labute approximate surface area is 157 Å². The van der Waals surface area contributed by atoms with Crippen molar-refractivity contribution in [1.82, 2.24) is 25.6 Å². The molecular weight excluding hydrogens is 353 g/mol. The van der Waals surface area contributed by atoms with Gasteiger partial charge in [-0.15, -0.1) is 5.10 Å². The molecular formula is C18H24FN5O3. The highest BCUT2D eigenvalue weighted by atomic mass is 19.1. The zero-order chi connectivity index (χ0) is 19.4. The van der Waals surface area contributed by atoms with Crippen LogP contribution in [0.2, 0.25) is 0 Å². The van der Waals surface area contributed by atoms with Crippen LogP contribution in [0, 0.1) is 5.82 Å². The van der Waals surface area contributed by atoms with Crippen molar-refractivity contribution >= 4 is 5.91 Å². The number of rotatable bonds is 6. The van der Waals surface area contributed by atoms with E-state index < -0.39 is 17.8 Å². The molecule has 2 heterocycles. The number of carbonyl (C=O) groups excluding carboxylic acids is 1. The lowest BCUT2D eigenvalue weighted by molar-refractivity contribution is 0.0934. The largest absolute Gasteiger partial charge is 0.493 e. The van der Waals surface area contributed by atoms with Gasteiger partial charge in [0.1, 0.15) is 5.82 Å². The zero-order valence-electron chi connectivity index (χ0n) is 15.7. The van der Waals surface area contributed by atoms with Crippen molar-refractivity contribution in [3.05, 3.63) is 35.4 Å². The van der Waals surface area contributed by atoms with E-state index in [9.17, 15) is 9.18 Å². The SMILES string of the molecule is COc1cc(F)c(C(C)NC(=O)c2cn(C3CCNCC3)nn2)cc1OC. The number of halogens is 1. The molecule has 1 amide bonds. The molecule has 9 heteroatoms. The molecule has 1 unspecified atom stereocenters. The van der Waals surface area contributed by atoms with E-state index in [4.69, 9.17) is 9.47 Å². The Morgan fingerprint density at radius 3 is 2.63 bits per heavy atom. The first kappa shape index (κ1) is 19.1. The quantitative estimate of drug-likeness (QED) is 0.799. The molecule has 1 aliphatic rings. The number of ether oxygens (including phenoxy) is 2. The van der Waals surface area contributed by atoms with Gasteiger partial charge in [-0.05, 0) is 38.9 Å². The molecule has 1 fully saturated rings. The molecule has 2 N–H and O–H groups in total. The van der Waals surface area contributed by atoms with Crippen molar-refractivity contribution in [1.29, 1.82) is 0 Å². The number of hydrogen-bond acceptors (Lipinski definition) is 6. The van der Waals surface area contributed by atoms with Crippen LogP contribution in [0.3, 0.4) is 0 Å². The van der Waals surface area contributed by atoms with E-state index in [1.54, 1.807) is 17.8 Å². The number of nitrogens with zero attached hydrogens (tertiary/aromatic N) is 3. The monoisotopic (exact) mass is 377 g/mol. The van der Waals surface area contributed by atoms with Gasteiger partial charge in [0.25, 0.3) is 5.91 Å². The van der Waals surface area contributed by atoms with Crippen LogP contribution < -0.4 is 20.1 Å². The molecule has 0 bridgehead atoms. The lowest BCUT2D eigenvalue weighted by Gasteiger charge is -2.22. The van der Waals surface area contributed by atoms with Crippen LogP contribution >= 0.6 is 0 Å². The molecule has 3 rings (SSSR count). The van der Waals surface area contributed by atoms with Crippen LogP contribution in [0.15, 0.2) is 18.3 Å². The molecule has 0 spiro atoms. The minimum absolute atomic E-state index is 0.210. The fourth-order valence-corrected chi connectivity index (χ4v) is 3.18. The van der Waals surface area contributed by atoms with Gasteiger partial charge >= 0.3 is 0 Å². The number of amides is 1. The molecule has 1 aromatic heterocycles. The molecule has 0 radical (unpaired) electrons. The van der Waals surface area contributed by atoms with Gasteiger partial charge in [0.15, 0.2) is 17.2 Å². The van der Waals surface area contributed by atoms with Crippen molar-refractivity contribution < 1.29 is 18.7 Å². The van der Waals surface area contributed by atoms with Gasteiger partial charge in [0, 0.05) is 11.6 Å². The number of carbonyl (C=O) groups is 1. The summed E-state index contributed by atoms with van der Waals surface area (Å²) in [5, 5.41) is 14.1. The topological polar surface area (TPSA) is 90.3 Å². The van der Waals surface area contributed by atoms with Crippen LogP contribution in [-0.4, -0.2) is 48.2 Å². The van der Waals surface area contributed by atoms with Crippen LogP contribution in [0.1, 0.15) is 47.9 Å². The van der Waals surface area contributed by atoms with Crippen LogP contribution in [0.5, 0.6) is 11.5 Å². The predicted octanol–water partition coefficient (Wildman–Crippen LogP) is 1.85. The van der Waals surface area contributed by atoms with Gasteiger partial charge < -0.3 is 20.1 Å². The van der Waals surface area contributed by atoms with Crippen molar-refractivity contribution in [2.45, 2.75) is 31.8 Å². The molecule has 0 aliphatic carbocycles. The molecule has 1 atom stereocenters. The van der Waals surface area contributed by atoms with Gasteiger partial charge in [-0.3, -0.25) is 4.79 Å². The van der Waals surface area contributed by atoms with Crippen molar-refractivity contribution in [2.24, 2.45) is 0 Å².